The zero-order valence-corrected chi connectivity index (χ0v) is 9.35. The number of methoxy groups -OCH3 is 1. The van der Waals surface area contributed by atoms with E-state index in [0.717, 1.165) is 0 Å². The highest BCUT2D eigenvalue weighted by atomic mass is 16.6. The molecule has 0 radical (unpaired) electrons. The summed E-state index contributed by atoms with van der Waals surface area (Å²) in [5.41, 5.74) is -0.444. The van der Waals surface area contributed by atoms with E-state index in [1.165, 1.54) is 23.9 Å². The minimum absolute atomic E-state index is 0.0693. The molecule has 0 aliphatic carbocycles. The molecule has 0 bridgehead atoms. The van der Waals surface area contributed by atoms with Crippen LogP contribution in [0.15, 0.2) is 17.1 Å². The van der Waals surface area contributed by atoms with E-state index in [1.54, 1.807) is 0 Å². The van der Waals surface area contributed by atoms with Crippen LogP contribution in [0.5, 0.6) is 6.01 Å². The lowest BCUT2D eigenvalue weighted by Gasteiger charge is -2.14. The summed E-state index contributed by atoms with van der Waals surface area (Å²) in [5.74, 6) is -0.670. The van der Waals surface area contributed by atoms with Crippen molar-refractivity contribution in [2.24, 2.45) is 0 Å². The Hall–Kier alpha value is -1.93. The van der Waals surface area contributed by atoms with Crippen LogP contribution in [0.4, 0.5) is 0 Å². The first-order valence-electron chi connectivity index (χ1n) is 5.29. The van der Waals surface area contributed by atoms with Gasteiger partial charge in [-0.1, -0.05) is 0 Å². The van der Waals surface area contributed by atoms with Gasteiger partial charge in [0.05, 0.1) is 7.11 Å². The molecule has 0 amide bonds. The molecule has 4 atom stereocenters. The first-order chi connectivity index (χ1) is 8.61. The minimum atomic E-state index is -1.17. The Morgan fingerprint density at radius 2 is 2.39 bits per heavy atom. The van der Waals surface area contributed by atoms with Crippen LogP contribution in [0.3, 0.4) is 0 Å². The van der Waals surface area contributed by atoms with Crippen LogP contribution in [-0.2, 0) is 14.3 Å². The van der Waals surface area contributed by atoms with Crippen molar-refractivity contribution >= 4 is 5.97 Å². The summed E-state index contributed by atoms with van der Waals surface area (Å²) >= 11 is 0. The standard InChI is InChI=1S/C10H10N2O6/c1-16-9(15)7-5(14)6-8(17-7)12-3-2-4(13)11-10(12)18-6/h2-3,5-8,14H,1H3/t5-,6-,7-,8+/m0/s1. The van der Waals surface area contributed by atoms with Crippen molar-refractivity contribution in [1.29, 1.82) is 0 Å². The molecule has 18 heavy (non-hydrogen) atoms. The van der Waals surface area contributed by atoms with Crippen molar-refractivity contribution in [3.05, 3.63) is 22.6 Å². The lowest BCUT2D eigenvalue weighted by atomic mass is 10.1. The number of nitrogens with zero attached hydrogens (tertiary/aromatic N) is 2. The fourth-order valence-electron chi connectivity index (χ4n) is 2.11. The number of ether oxygens (including phenoxy) is 3. The molecule has 8 heteroatoms. The van der Waals surface area contributed by atoms with Crippen LogP contribution >= 0.6 is 0 Å². The van der Waals surface area contributed by atoms with Crippen molar-refractivity contribution in [1.82, 2.24) is 9.55 Å². The van der Waals surface area contributed by atoms with Crippen LogP contribution in [0, 0.1) is 0 Å². The van der Waals surface area contributed by atoms with Gasteiger partial charge in [-0.2, -0.15) is 4.98 Å². The molecule has 3 rings (SSSR count). The molecule has 0 spiro atoms. The molecule has 1 saturated heterocycles. The smallest absolute Gasteiger partial charge is 0.337 e. The summed E-state index contributed by atoms with van der Waals surface area (Å²) in [4.78, 5) is 26.1. The van der Waals surface area contributed by atoms with Crippen molar-refractivity contribution < 1.29 is 24.1 Å². The van der Waals surface area contributed by atoms with E-state index in [2.05, 4.69) is 9.72 Å². The monoisotopic (exact) mass is 254 g/mol. The summed E-state index contributed by atoms with van der Waals surface area (Å²) in [6.07, 6.45) is -2.28. The average molecular weight is 254 g/mol. The quantitative estimate of drug-likeness (QED) is 0.604. The third kappa shape index (κ3) is 1.42. The van der Waals surface area contributed by atoms with Crippen LogP contribution in [0.25, 0.3) is 0 Å². The van der Waals surface area contributed by atoms with E-state index in [4.69, 9.17) is 9.47 Å². The van der Waals surface area contributed by atoms with Gasteiger partial charge >= 0.3 is 12.0 Å². The summed E-state index contributed by atoms with van der Waals surface area (Å²) in [6.45, 7) is 0. The van der Waals surface area contributed by atoms with E-state index in [0.29, 0.717) is 0 Å². The fraction of sp³-hybridized carbons (Fsp3) is 0.500. The molecule has 8 nitrogen and oxygen atoms in total. The lowest BCUT2D eigenvalue weighted by Crippen LogP contribution is -2.38. The third-order valence-electron chi connectivity index (χ3n) is 2.97. The Kier molecular flexibility index (Phi) is 2.35. The van der Waals surface area contributed by atoms with Crippen molar-refractivity contribution in [2.45, 2.75) is 24.5 Å². The highest BCUT2D eigenvalue weighted by Gasteiger charge is 2.54. The van der Waals surface area contributed by atoms with Crippen molar-refractivity contribution in [3.8, 4) is 6.01 Å². The Morgan fingerprint density at radius 3 is 3.11 bits per heavy atom. The van der Waals surface area contributed by atoms with E-state index in [9.17, 15) is 14.7 Å². The van der Waals surface area contributed by atoms with Gasteiger partial charge in [-0.3, -0.25) is 9.36 Å². The van der Waals surface area contributed by atoms with E-state index in [-0.39, 0.29) is 6.01 Å². The molecule has 2 aliphatic heterocycles. The van der Waals surface area contributed by atoms with Gasteiger partial charge in [0.15, 0.2) is 18.4 Å². The van der Waals surface area contributed by atoms with Gasteiger partial charge in [-0.25, -0.2) is 4.79 Å². The summed E-state index contributed by atoms with van der Waals surface area (Å²) in [7, 11) is 1.21. The number of aliphatic hydroxyl groups excluding tert-OH is 1. The number of carbonyl (C=O) groups is 1. The lowest BCUT2D eigenvalue weighted by molar-refractivity contribution is -0.159. The third-order valence-corrected chi connectivity index (χ3v) is 2.97. The van der Waals surface area contributed by atoms with E-state index < -0.39 is 36.1 Å². The Labute approximate surface area is 101 Å². The first-order valence-corrected chi connectivity index (χ1v) is 5.29. The first kappa shape index (κ1) is 11.2. The van der Waals surface area contributed by atoms with E-state index in [1.807, 2.05) is 0 Å². The molecule has 1 fully saturated rings. The number of rotatable bonds is 1. The summed E-state index contributed by atoms with van der Waals surface area (Å²) < 4.78 is 16.7. The highest BCUT2D eigenvalue weighted by Crippen LogP contribution is 2.38. The van der Waals surface area contributed by atoms with Crippen LogP contribution in [-0.4, -0.2) is 46.0 Å². The molecule has 96 valence electrons. The normalized spacial score (nSPS) is 32.6. The molecule has 0 aromatic carbocycles. The number of hydrogen-bond donors (Lipinski definition) is 1. The molecule has 1 aromatic rings. The topological polar surface area (TPSA) is 99.9 Å². The molecular formula is C10H10N2O6. The predicted octanol–water partition coefficient (Wildman–Crippen LogP) is -1.56. The van der Waals surface area contributed by atoms with Gasteiger partial charge in [0.2, 0.25) is 0 Å². The SMILES string of the molecule is COC(=O)[C@H]1O[C@@H]2[C@@H](Oc3nc(=O)ccn32)[C@@H]1O. The maximum Gasteiger partial charge on any atom is 0.337 e. The molecule has 1 aromatic heterocycles. The van der Waals surface area contributed by atoms with Crippen LogP contribution in [0.1, 0.15) is 6.23 Å². The largest absolute Gasteiger partial charge is 0.467 e. The Bertz CT molecular complexity index is 556. The second-order valence-electron chi connectivity index (χ2n) is 4.00. The Balaban J connectivity index is 1.93. The minimum Gasteiger partial charge on any atom is -0.467 e. The zero-order valence-electron chi connectivity index (χ0n) is 9.35. The number of carbonyl (C=O) groups excluding carboxylic acids is 1. The number of esters is 1. The van der Waals surface area contributed by atoms with Crippen molar-refractivity contribution in [3.63, 3.8) is 0 Å². The van der Waals surface area contributed by atoms with Gasteiger partial charge < -0.3 is 19.3 Å². The molecular weight excluding hydrogens is 244 g/mol. The van der Waals surface area contributed by atoms with Gasteiger partial charge in [0.25, 0.3) is 5.56 Å². The number of aromatic nitrogens is 2. The van der Waals surface area contributed by atoms with Gasteiger partial charge in [-0.05, 0) is 0 Å². The molecule has 2 aliphatic rings. The molecule has 1 N–H and O–H groups in total. The second kappa shape index (κ2) is 3.79. The van der Waals surface area contributed by atoms with Gasteiger partial charge in [0.1, 0.15) is 6.10 Å². The van der Waals surface area contributed by atoms with E-state index >= 15 is 0 Å². The van der Waals surface area contributed by atoms with Crippen molar-refractivity contribution in [2.75, 3.05) is 7.11 Å². The maximum absolute atomic E-state index is 11.4. The average Bonchev–Trinajstić information content (AvgIpc) is 2.85. The van der Waals surface area contributed by atoms with Crippen LogP contribution < -0.4 is 10.3 Å². The zero-order chi connectivity index (χ0) is 12.9. The predicted molar refractivity (Wildman–Crippen MR) is 54.8 cm³/mol. The number of hydrogen-bond acceptors (Lipinski definition) is 7. The number of aliphatic hydroxyl groups is 1. The van der Waals surface area contributed by atoms with Crippen LogP contribution in [0.2, 0.25) is 0 Å². The molecule has 3 heterocycles. The van der Waals surface area contributed by atoms with Gasteiger partial charge in [0, 0.05) is 12.3 Å². The summed E-state index contributed by atoms with van der Waals surface area (Å²) in [5, 5.41) is 9.93. The maximum atomic E-state index is 11.4. The number of fused-ring (bicyclic) bond motifs is 3. The summed E-state index contributed by atoms with van der Waals surface area (Å²) in [6, 6.07) is 1.32. The molecule has 0 unspecified atom stereocenters. The highest BCUT2D eigenvalue weighted by molar-refractivity contribution is 5.75. The molecule has 0 saturated carbocycles. The fourth-order valence-corrected chi connectivity index (χ4v) is 2.11. The Morgan fingerprint density at radius 1 is 1.61 bits per heavy atom. The second-order valence-corrected chi connectivity index (χ2v) is 4.00. The van der Waals surface area contributed by atoms with Gasteiger partial charge in [-0.15, -0.1) is 0 Å².